The highest BCUT2D eigenvalue weighted by molar-refractivity contribution is 7.84. The summed E-state index contributed by atoms with van der Waals surface area (Å²) in [7, 11) is -2.54. The summed E-state index contributed by atoms with van der Waals surface area (Å²) in [5.41, 5.74) is 0. The average Bonchev–Trinajstić information content (AvgIpc) is 2.79. The lowest BCUT2D eigenvalue weighted by Crippen LogP contribution is -2.74. The molecule has 0 saturated carbocycles. The predicted molar refractivity (Wildman–Crippen MR) is 94.2 cm³/mol. The summed E-state index contributed by atoms with van der Waals surface area (Å²) >= 11 is 0. The Morgan fingerprint density at radius 3 is 1.45 bits per heavy atom. The lowest BCUT2D eigenvalue weighted by Gasteiger charge is -2.42. The highest BCUT2D eigenvalue weighted by Crippen LogP contribution is 2.64. The fraction of sp³-hybridized carbons (Fsp3) is 0.667. The molecule has 0 aromatic heterocycles. The molecule has 1 atom stereocenters. The first-order valence-corrected chi connectivity index (χ1v) is 10.4. The number of hydrogen-bond donors (Lipinski definition) is 0. The molecule has 1 rings (SSSR count). The molecule has 0 heterocycles. The Labute approximate surface area is 207 Å². The van der Waals surface area contributed by atoms with Crippen LogP contribution >= 0.6 is 0 Å². The van der Waals surface area contributed by atoms with Crippen molar-refractivity contribution >= 4 is 10.8 Å². The Kier molecular flexibility index (Phi) is 7.76. The van der Waals surface area contributed by atoms with Crippen molar-refractivity contribution in [2.24, 2.45) is 0 Å². The summed E-state index contributed by atoms with van der Waals surface area (Å²) in [5, 5.41) is 0. The molecule has 0 aliphatic carbocycles. The van der Waals surface area contributed by atoms with Crippen molar-refractivity contribution in [1.82, 2.24) is 0 Å². The van der Waals surface area contributed by atoms with Crippen LogP contribution in [0.15, 0.2) is 29.2 Å². The maximum atomic E-state index is 13.8. The van der Waals surface area contributed by atoms with Crippen LogP contribution in [0.1, 0.15) is 17.0 Å². The van der Waals surface area contributed by atoms with E-state index in [0.717, 1.165) is 24.3 Å². The maximum absolute atomic E-state index is 13.8. The largest absolute Gasteiger partial charge is 0.494 e. The Morgan fingerprint density at radius 2 is 1.05 bits per heavy atom. The summed E-state index contributed by atoms with van der Waals surface area (Å²) < 4.78 is 262. The molecule has 0 radical (unpaired) electrons. The second-order valence-electron chi connectivity index (χ2n) is 7.34. The van der Waals surface area contributed by atoms with Gasteiger partial charge in [-0.15, -0.1) is 0 Å². The molecule has 20 heteroatoms. The molecule has 0 aliphatic rings. The van der Waals surface area contributed by atoms with Gasteiger partial charge in [-0.05, 0) is 30.7 Å². The molecule has 2 nitrogen and oxygen atoms in total. The van der Waals surface area contributed by atoms with Gasteiger partial charge >= 0.3 is 47.6 Å². The molecular weight excluding hydrogens is 603 g/mol. The predicted octanol–water partition coefficient (Wildman–Crippen LogP) is 7.59. The van der Waals surface area contributed by atoms with Crippen LogP contribution in [0.25, 0.3) is 0 Å². The van der Waals surface area contributed by atoms with E-state index in [0.29, 0.717) is 0 Å². The highest BCUT2D eigenvalue weighted by Gasteiger charge is 2.95. The first-order chi connectivity index (χ1) is 17.8. The molecule has 38 heavy (non-hydrogen) atoms. The molecule has 0 spiro atoms. The lowest BCUT2D eigenvalue weighted by atomic mass is 9.88. The number of ether oxygens (including phenoxy) is 1. The van der Waals surface area contributed by atoms with Gasteiger partial charge in [0.2, 0.25) is 0 Å². The molecule has 0 N–H and O–H groups in total. The van der Waals surface area contributed by atoms with Crippen LogP contribution in [0.2, 0.25) is 0 Å². The van der Waals surface area contributed by atoms with Gasteiger partial charge in [0.05, 0.1) is 6.61 Å². The third kappa shape index (κ3) is 5.37. The molecule has 1 aromatic carbocycles. The standard InChI is InChI=1S/C18H13F17O2S/c1-38(36)10-5-3-9(4-6-10)37-8-2-7-11(19,20)12(21,22)13(23,24)14(25,26)15(27,28)16(29,30)17(31,32)18(33,34)35/h3-6H,2,7-8H2,1H3/i1D3. The fourth-order valence-corrected chi connectivity index (χ4v) is 2.88. The highest BCUT2D eigenvalue weighted by atomic mass is 32.2. The van der Waals surface area contributed by atoms with E-state index < -0.39 is 84.1 Å². The maximum Gasteiger partial charge on any atom is 0.460 e. The molecule has 0 amide bonds. The number of hydrogen-bond acceptors (Lipinski definition) is 2. The van der Waals surface area contributed by atoms with Crippen molar-refractivity contribution in [3.63, 3.8) is 0 Å². The molecule has 0 saturated heterocycles. The number of rotatable bonds is 12. The summed E-state index contributed by atoms with van der Waals surface area (Å²) in [5.74, 6) is -57.1. The van der Waals surface area contributed by atoms with E-state index in [4.69, 9.17) is 8.85 Å². The molecule has 1 unspecified atom stereocenters. The van der Waals surface area contributed by atoms with E-state index >= 15 is 0 Å². The third-order valence-corrected chi connectivity index (χ3v) is 5.43. The molecule has 1 aromatic rings. The molecule has 0 bridgehead atoms. The number of benzene rings is 1. The van der Waals surface area contributed by atoms with Gasteiger partial charge in [-0.2, -0.15) is 74.6 Å². The van der Waals surface area contributed by atoms with Crippen LogP contribution in [0.3, 0.4) is 0 Å². The zero-order valence-corrected chi connectivity index (χ0v) is 18.4. The SMILES string of the molecule is [2H]C([2H])([2H])S(=O)c1ccc(OCCCC(F)(F)C(F)(F)C(F)(F)C(F)(F)C(F)(F)C(F)(F)C(F)(F)C(F)(F)F)cc1. The van der Waals surface area contributed by atoms with Gasteiger partial charge in [0.15, 0.2) is 0 Å². The van der Waals surface area contributed by atoms with Crippen LogP contribution in [0, 0.1) is 0 Å². The van der Waals surface area contributed by atoms with Crippen LogP contribution in [-0.4, -0.2) is 64.6 Å². The van der Waals surface area contributed by atoms with Crippen LogP contribution in [0.5, 0.6) is 5.75 Å². The first kappa shape index (κ1) is 29.0. The summed E-state index contributed by atoms with van der Waals surface area (Å²) in [6.07, 6.45) is -14.9. The van der Waals surface area contributed by atoms with E-state index in [-0.39, 0.29) is 10.6 Å². The van der Waals surface area contributed by atoms with Gasteiger partial charge in [-0.1, -0.05) is 0 Å². The van der Waals surface area contributed by atoms with E-state index in [2.05, 4.69) is 0 Å². The van der Waals surface area contributed by atoms with Gasteiger partial charge in [0.25, 0.3) is 0 Å². The van der Waals surface area contributed by atoms with E-state index in [1.807, 2.05) is 0 Å². The monoisotopic (exact) mass is 619 g/mol. The van der Waals surface area contributed by atoms with Crippen molar-refractivity contribution < 1.29 is 87.7 Å². The van der Waals surface area contributed by atoms with E-state index in [1.165, 1.54) is 0 Å². The normalized spacial score (nSPS) is 17.4. The first-order valence-electron chi connectivity index (χ1n) is 10.7. The second kappa shape index (κ2) is 10.2. The zero-order chi connectivity index (χ0) is 32.9. The Hall–Kier alpha value is -2.02. The summed E-state index contributed by atoms with van der Waals surface area (Å²) in [6, 6.07) is 3.47. The Morgan fingerprint density at radius 1 is 0.658 bits per heavy atom. The van der Waals surface area contributed by atoms with Crippen molar-refractivity contribution in [2.45, 2.75) is 65.4 Å². The quantitative estimate of drug-likeness (QED) is 0.178. The molecule has 0 aliphatic heterocycles. The average molecular weight is 619 g/mol. The van der Waals surface area contributed by atoms with Crippen molar-refractivity contribution in [3.8, 4) is 5.75 Å². The van der Waals surface area contributed by atoms with Gasteiger partial charge in [-0.25, -0.2) is 0 Å². The lowest BCUT2D eigenvalue weighted by molar-refractivity contribution is -0.461. The topological polar surface area (TPSA) is 26.3 Å². The van der Waals surface area contributed by atoms with Crippen LogP contribution in [0.4, 0.5) is 74.6 Å². The summed E-state index contributed by atoms with van der Waals surface area (Å²) in [4.78, 5) is -0.304. The van der Waals surface area contributed by atoms with Gasteiger partial charge < -0.3 is 4.74 Å². The van der Waals surface area contributed by atoms with Gasteiger partial charge in [-0.3, -0.25) is 4.21 Å². The van der Waals surface area contributed by atoms with Crippen LogP contribution < -0.4 is 4.74 Å². The molecule has 222 valence electrons. The Bertz CT molecular complexity index is 1090. The molecular formula is C18H13F17O2S. The second-order valence-corrected chi connectivity index (χ2v) is 8.35. The van der Waals surface area contributed by atoms with Crippen molar-refractivity contribution in [3.05, 3.63) is 24.3 Å². The minimum atomic E-state index is -8.68. The fourth-order valence-electron chi connectivity index (χ4n) is 2.50. The number of alkyl halides is 17. The minimum absolute atomic E-state index is 0.304. The van der Waals surface area contributed by atoms with Crippen LogP contribution in [-0.2, 0) is 10.8 Å². The smallest absolute Gasteiger partial charge is 0.460 e. The Balaban J connectivity index is 3.14. The van der Waals surface area contributed by atoms with E-state index in [1.54, 1.807) is 0 Å². The zero-order valence-electron chi connectivity index (χ0n) is 20.6. The molecule has 0 fully saturated rings. The number of halogens is 17. The summed E-state index contributed by atoms with van der Waals surface area (Å²) in [6.45, 7) is -1.17. The minimum Gasteiger partial charge on any atom is -0.494 e. The third-order valence-electron chi connectivity index (χ3n) is 4.73. The van der Waals surface area contributed by atoms with Gasteiger partial charge in [0.1, 0.15) is 5.75 Å². The van der Waals surface area contributed by atoms with E-state index in [9.17, 15) is 78.8 Å². The van der Waals surface area contributed by atoms with Crippen molar-refractivity contribution in [2.75, 3.05) is 12.8 Å². The van der Waals surface area contributed by atoms with Crippen molar-refractivity contribution in [1.29, 1.82) is 0 Å². The van der Waals surface area contributed by atoms with Gasteiger partial charge in [0, 0.05) is 32.4 Å².